The van der Waals surface area contributed by atoms with E-state index in [0.29, 0.717) is 41.7 Å². The molecular weight excluding hydrogens is 698 g/mol. The van der Waals surface area contributed by atoms with E-state index < -0.39 is 35.1 Å². The summed E-state index contributed by atoms with van der Waals surface area (Å²) in [5.41, 5.74) is 4.37. The van der Waals surface area contributed by atoms with E-state index >= 15 is 0 Å². The molecule has 4 aromatic rings. The van der Waals surface area contributed by atoms with Gasteiger partial charge in [0.05, 0.1) is 19.3 Å². The van der Waals surface area contributed by atoms with E-state index in [2.05, 4.69) is 26.8 Å². The van der Waals surface area contributed by atoms with Crippen molar-refractivity contribution in [2.24, 2.45) is 4.99 Å². The largest absolute Gasteiger partial charge is 0.497 e. The summed E-state index contributed by atoms with van der Waals surface area (Å²) in [6, 6.07) is 23.5. The smallest absolute Gasteiger partial charge is 0.416 e. The molecule has 0 spiro atoms. The number of aliphatic hydroxyl groups excluding tert-OH is 1. The van der Waals surface area contributed by atoms with Crippen molar-refractivity contribution in [3.63, 3.8) is 0 Å². The number of ether oxygens (including phenoxy) is 3. The van der Waals surface area contributed by atoms with Gasteiger partial charge in [0, 0.05) is 36.0 Å². The fourth-order valence-electron chi connectivity index (χ4n) is 5.25. The first-order valence-corrected chi connectivity index (χ1v) is 15.7. The van der Waals surface area contributed by atoms with Gasteiger partial charge in [-0.05, 0) is 83.4 Å². The van der Waals surface area contributed by atoms with Crippen LogP contribution in [0.15, 0.2) is 100 Å². The molecule has 0 unspecified atom stereocenters. The highest BCUT2D eigenvalue weighted by molar-refractivity contribution is 9.10. The number of benzene rings is 4. The standard InChI is InChI=1S/C35H32BrF4N3O5/c1-46-30-5-2-4-25(18-30)31-34(20-22-6-10-27(36)11-7-22,42-32(48-31)24-8-12-29(13-9-24)47-15-3-14-44)33(45)43-41-21-23-16-26(35(38,39)40)19-28(37)17-23/h2,4-13,16-19,31,41,44H,3,14-15,20-21H2,1H3,(H,43,45)/t31-,34-/m0/s1. The van der Waals surface area contributed by atoms with E-state index in [1.165, 1.54) is 7.11 Å². The maximum Gasteiger partial charge on any atom is 0.416 e. The second-order valence-electron chi connectivity index (χ2n) is 11.0. The maximum absolute atomic E-state index is 14.3. The maximum atomic E-state index is 14.3. The third-order valence-electron chi connectivity index (χ3n) is 7.59. The van der Waals surface area contributed by atoms with E-state index in [9.17, 15) is 22.4 Å². The van der Waals surface area contributed by atoms with Crippen LogP contribution in [0.3, 0.4) is 0 Å². The normalized spacial score (nSPS) is 17.4. The van der Waals surface area contributed by atoms with E-state index in [-0.39, 0.29) is 31.0 Å². The van der Waals surface area contributed by atoms with Gasteiger partial charge in [-0.2, -0.15) is 13.2 Å². The number of carbonyl (C=O) groups excluding carboxylic acids is 1. The van der Waals surface area contributed by atoms with Gasteiger partial charge in [0.1, 0.15) is 17.3 Å². The zero-order chi connectivity index (χ0) is 34.3. The Morgan fingerprint density at radius 2 is 1.75 bits per heavy atom. The van der Waals surface area contributed by atoms with Crippen molar-refractivity contribution in [2.45, 2.75) is 37.2 Å². The second kappa shape index (κ2) is 15.2. The van der Waals surface area contributed by atoms with E-state index in [0.717, 1.165) is 22.2 Å². The molecule has 5 rings (SSSR count). The number of hydrogen-bond donors (Lipinski definition) is 3. The minimum atomic E-state index is -4.74. The van der Waals surface area contributed by atoms with E-state index in [1.807, 2.05) is 24.3 Å². The Morgan fingerprint density at radius 3 is 2.44 bits per heavy atom. The van der Waals surface area contributed by atoms with Gasteiger partial charge in [-0.25, -0.2) is 14.8 Å². The van der Waals surface area contributed by atoms with Crippen LogP contribution in [0.4, 0.5) is 17.6 Å². The first kappa shape index (κ1) is 34.9. The van der Waals surface area contributed by atoms with Crippen molar-refractivity contribution in [1.29, 1.82) is 0 Å². The Morgan fingerprint density at radius 1 is 1.00 bits per heavy atom. The summed E-state index contributed by atoms with van der Waals surface area (Å²) in [5, 5.41) is 9.04. The van der Waals surface area contributed by atoms with Crippen LogP contribution >= 0.6 is 15.9 Å². The Kier molecular flexibility index (Phi) is 11.0. The molecule has 252 valence electrons. The van der Waals surface area contributed by atoms with Crippen LogP contribution in [0.5, 0.6) is 11.5 Å². The van der Waals surface area contributed by atoms with E-state index in [1.54, 1.807) is 48.5 Å². The third kappa shape index (κ3) is 8.33. The van der Waals surface area contributed by atoms with Crippen molar-refractivity contribution < 1.29 is 41.7 Å². The average Bonchev–Trinajstić information content (AvgIpc) is 3.46. The van der Waals surface area contributed by atoms with Gasteiger partial charge in [-0.1, -0.05) is 40.2 Å². The molecule has 0 radical (unpaired) electrons. The molecule has 2 atom stereocenters. The molecule has 0 aliphatic carbocycles. The lowest BCUT2D eigenvalue weighted by Crippen LogP contribution is -2.53. The molecule has 1 amide bonds. The Hall–Kier alpha value is -4.46. The highest BCUT2D eigenvalue weighted by Gasteiger charge is 2.53. The Labute approximate surface area is 282 Å². The van der Waals surface area contributed by atoms with Crippen molar-refractivity contribution in [1.82, 2.24) is 10.9 Å². The molecule has 48 heavy (non-hydrogen) atoms. The number of methoxy groups -OCH3 is 1. The SMILES string of the molecule is COc1cccc([C@@H]2OC(c3ccc(OCCCO)cc3)=N[C@]2(Cc2ccc(Br)cc2)C(=O)NNCc2cc(F)cc(C(F)(F)F)c2)c1. The van der Waals surface area contributed by atoms with Crippen molar-refractivity contribution in [2.75, 3.05) is 20.3 Å². The lowest BCUT2D eigenvalue weighted by Gasteiger charge is -2.31. The van der Waals surface area contributed by atoms with Gasteiger partial charge < -0.3 is 19.3 Å². The molecule has 0 saturated carbocycles. The highest BCUT2D eigenvalue weighted by atomic mass is 79.9. The lowest BCUT2D eigenvalue weighted by atomic mass is 9.82. The summed E-state index contributed by atoms with van der Waals surface area (Å²) in [6.45, 7) is 0.0321. The minimum absolute atomic E-state index is 0.00257. The molecule has 0 saturated heterocycles. The van der Waals surface area contributed by atoms with Crippen LogP contribution in [0.2, 0.25) is 0 Å². The fourth-order valence-corrected chi connectivity index (χ4v) is 5.52. The number of carbonyl (C=O) groups is 1. The summed E-state index contributed by atoms with van der Waals surface area (Å²) in [6.07, 6.45) is -5.17. The number of hydrazine groups is 1. The van der Waals surface area contributed by atoms with Crippen LogP contribution in [0.1, 0.15) is 40.3 Å². The quantitative estimate of drug-likeness (QED) is 0.0805. The second-order valence-corrected chi connectivity index (χ2v) is 11.9. The topological polar surface area (TPSA) is 101 Å². The first-order chi connectivity index (χ1) is 23.0. The molecule has 0 aromatic heterocycles. The van der Waals surface area contributed by atoms with Crippen molar-refractivity contribution >= 4 is 27.7 Å². The molecular formula is C35H32BrF4N3O5. The molecule has 1 aliphatic heterocycles. The predicted molar refractivity (Wildman–Crippen MR) is 174 cm³/mol. The van der Waals surface area contributed by atoms with Crippen LogP contribution < -0.4 is 20.3 Å². The summed E-state index contributed by atoms with van der Waals surface area (Å²) >= 11 is 3.43. The van der Waals surface area contributed by atoms with Gasteiger partial charge in [-0.3, -0.25) is 10.2 Å². The van der Waals surface area contributed by atoms with Crippen LogP contribution in [0, 0.1) is 5.82 Å². The van der Waals surface area contributed by atoms with Crippen LogP contribution in [0.25, 0.3) is 0 Å². The number of hydrogen-bond acceptors (Lipinski definition) is 7. The summed E-state index contributed by atoms with van der Waals surface area (Å²) in [4.78, 5) is 19.3. The van der Waals surface area contributed by atoms with E-state index in [4.69, 9.17) is 24.3 Å². The van der Waals surface area contributed by atoms with Crippen molar-refractivity contribution in [3.8, 4) is 11.5 Å². The zero-order valence-corrected chi connectivity index (χ0v) is 27.3. The molecule has 3 N–H and O–H groups in total. The van der Waals surface area contributed by atoms with Gasteiger partial charge in [0.15, 0.2) is 11.6 Å². The predicted octanol–water partition coefficient (Wildman–Crippen LogP) is 6.70. The Balaban J connectivity index is 1.52. The molecule has 1 heterocycles. The number of aliphatic imine (C=N–C) groups is 1. The molecule has 4 aromatic carbocycles. The number of amides is 1. The monoisotopic (exact) mass is 729 g/mol. The summed E-state index contributed by atoms with van der Waals surface area (Å²) < 4.78 is 72.4. The highest BCUT2D eigenvalue weighted by Crippen LogP contribution is 2.43. The Bertz CT molecular complexity index is 1750. The minimum Gasteiger partial charge on any atom is -0.497 e. The zero-order valence-electron chi connectivity index (χ0n) is 25.7. The number of nitrogens with one attached hydrogen (secondary N) is 2. The number of alkyl halides is 3. The fraction of sp³-hybridized carbons (Fsp3) is 0.257. The molecule has 0 bridgehead atoms. The average molecular weight is 731 g/mol. The van der Waals surface area contributed by atoms with Gasteiger partial charge in [-0.15, -0.1) is 0 Å². The number of rotatable bonds is 13. The van der Waals surface area contributed by atoms with Crippen LogP contribution in [-0.4, -0.2) is 42.8 Å². The van der Waals surface area contributed by atoms with Crippen LogP contribution in [-0.2, 0) is 28.7 Å². The summed E-state index contributed by atoms with van der Waals surface area (Å²) in [7, 11) is 1.52. The molecule has 0 fully saturated rings. The number of halogens is 5. The molecule has 8 nitrogen and oxygen atoms in total. The van der Waals surface area contributed by atoms with Gasteiger partial charge >= 0.3 is 6.18 Å². The van der Waals surface area contributed by atoms with Gasteiger partial charge in [0.2, 0.25) is 5.90 Å². The number of nitrogens with zero attached hydrogens (tertiary/aromatic N) is 1. The first-order valence-electron chi connectivity index (χ1n) is 14.9. The number of aliphatic hydroxyl groups is 1. The molecule has 13 heteroatoms. The summed E-state index contributed by atoms with van der Waals surface area (Å²) in [5.74, 6) is -0.414. The van der Waals surface area contributed by atoms with Gasteiger partial charge in [0.25, 0.3) is 5.91 Å². The lowest BCUT2D eigenvalue weighted by molar-refractivity contribution is -0.138. The van der Waals surface area contributed by atoms with Crippen molar-refractivity contribution in [3.05, 3.63) is 129 Å². The molecule has 1 aliphatic rings. The third-order valence-corrected chi connectivity index (χ3v) is 8.12.